The molecule has 0 saturated carbocycles. The molecule has 0 aliphatic heterocycles. The van der Waals surface area contributed by atoms with E-state index in [1.165, 1.54) is 0 Å². The van der Waals surface area contributed by atoms with Crippen LogP contribution < -0.4 is 5.32 Å². The largest absolute Gasteiger partial charge is 0.507 e. The van der Waals surface area contributed by atoms with Crippen LogP contribution in [-0.4, -0.2) is 56.4 Å². The summed E-state index contributed by atoms with van der Waals surface area (Å²) in [7, 11) is 1.79. The number of hydrogen-bond donors (Lipinski definition) is 2. The molecular formula is C23H28BrN5O3. The van der Waals surface area contributed by atoms with E-state index in [2.05, 4.69) is 31.3 Å². The second-order valence-corrected chi connectivity index (χ2v) is 8.81. The zero-order valence-electron chi connectivity index (χ0n) is 18.5. The van der Waals surface area contributed by atoms with Crippen LogP contribution in [0.1, 0.15) is 33.1 Å². The zero-order valence-corrected chi connectivity index (χ0v) is 20.1. The number of nitrogens with one attached hydrogen (secondary N) is 1. The molecule has 0 fully saturated rings. The molecule has 8 nitrogen and oxygen atoms in total. The van der Waals surface area contributed by atoms with Crippen molar-refractivity contribution in [2.45, 2.75) is 33.1 Å². The van der Waals surface area contributed by atoms with Gasteiger partial charge in [0.2, 0.25) is 5.91 Å². The lowest BCUT2D eigenvalue weighted by molar-refractivity contribution is -0.134. The number of hydrogen-bond acceptors (Lipinski definition) is 6. The lowest BCUT2D eigenvalue weighted by Gasteiger charge is -2.21. The van der Waals surface area contributed by atoms with Crippen LogP contribution in [0.5, 0.6) is 5.75 Å². The predicted octanol–water partition coefficient (Wildman–Crippen LogP) is 4.13. The molecule has 3 rings (SSSR count). The fourth-order valence-corrected chi connectivity index (χ4v) is 3.80. The number of aromatic hydroxyl groups is 1. The van der Waals surface area contributed by atoms with Gasteiger partial charge in [-0.3, -0.25) is 4.79 Å². The first-order valence-electron chi connectivity index (χ1n) is 10.6. The number of carbonyl (C=O) groups is 2. The number of ketones is 1. The van der Waals surface area contributed by atoms with Crippen molar-refractivity contribution in [1.82, 2.24) is 19.5 Å². The van der Waals surface area contributed by atoms with Crippen LogP contribution in [0.25, 0.3) is 16.9 Å². The third kappa shape index (κ3) is 5.64. The minimum Gasteiger partial charge on any atom is -0.507 e. The Bertz CT molecular complexity index is 1110. The van der Waals surface area contributed by atoms with E-state index in [1.54, 1.807) is 41.7 Å². The quantitative estimate of drug-likeness (QED) is 0.405. The lowest BCUT2D eigenvalue weighted by Crippen LogP contribution is -2.33. The van der Waals surface area contributed by atoms with Crippen LogP contribution in [0, 0.1) is 5.92 Å². The first-order chi connectivity index (χ1) is 15.3. The first kappa shape index (κ1) is 23.7. The fourth-order valence-electron chi connectivity index (χ4n) is 3.45. The van der Waals surface area contributed by atoms with Crippen molar-refractivity contribution in [3.63, 3.8) is 0 Å². The smallest absolute Gasteiger partial charge is 0.225 e. The molecule has 2 heterocycles. The third-order valence-corrected chi connectivity index (χ3v) is 5.87. The molecule has 170 valence electrons. The van der Waals surface area contributed by atoms with Crippen molar-refractivity contribution in [2.75, 3.05) is 25.5 Å². The van der Waals surface area contributed by atoms with Crippen molar-refractivity contribution in [3.05, 3.63) is 41.0 Å². The molecule has 2 N–H and O–H groups in total. The number of nitrogens with zero attached hydrogens (tertiary/aromatic N) is 4. The molecule has 3 aromatic rings. The number of phenols is 1. The fraction of sp³-hybridized carbons (Fsp3) is 0.391. The summed E-state index contributed by atoms with van der Waals surface area (Å²) >= 11 is 3.48. The number of rotatable bonds is 10. The van der Waals surface area contributed by atoms with E-state index < -0.39 is 0 Å². The van der Waals surface area contributed by atoms with Gasteiger partial charge in [-0.25, -0.2) is 4.98 Å². The Hall–Kier alpha value is -2.94. The van der Waals surface area contributed by atoms with Gasteiger partial charge in [-0.15, -0.1) is 0 Å². The molecule has 0 aliphatic rings. The van der Waals surface area contributed by atoms with E-state index in [0.717, 1.165) is 16.7 Å². The molecule has 32 heavy (non-hydrogen) atoms. The average Bonchev–Trinajstić information content (AvgIpc) is 3.15. The van der Waals surface area contributed by atoms with Gasteiger partial charge in [-0.1, -0.05) is 19.1 Å². The molecular weight excluding hydrogens is 474 g/mol. The Balaban J connectivity index is 1.66. The van der Waals surface area contributed by atoms with Crippen LogP contribution in [-0.2, 0) is 9.59 Å². The van der Waals surface area contributed by atoms with Crippen molar-refractivity contribution in [3.8, 4) is 17.0 Å². The van der Waals surface area contributed by atoms with Crippen molar-refractivity contribution < 1.29 is 14.7 Å². The normalized spacial score (nSPS) is 12.0. The summed E-state index contributed by atoms with van der Waals surface area (Å²) in [6, 6.07) is 8.91. The van der Waals surface area contributed by atoms with Gasteiger partial charge in [0, 0.05) is 44.1 Å². The van der Waals surface area contributed by atoms with E-state index >= 15 is 0 Å². The lowest BCUT2D eigenvalue weighted by atomic mass is 10.0. The average molecular weight is 502 g/mol. The van der Waals surface area contributed by atoms with E-state index in [4.69, 9.17) is 0 Å². The summed E-state index contributed by atoms with van der Waals surface area (Å²) in [6.45, 7) is 4.63. The highest BCUT2D eigenvalue weighted by molar-refractivity contribution is 9.10. The maximum Gasteiger partial charge on any atom is 0.225 e. The minimum absolute atomic E-state index is 0.0513. The summed E-state index contributed by atoms with van der Waals surface area (Å²) in [4.78, 5) is 30.0. The van der Waals surface area contributed by atoms with Crippen molar-refractivity contribution in [1.29, 1.82) is 0 Å². The number of amides is 1. The Morgan fingerprint density at radius 2 is 2.06 bits per heavy atom. The molecule has 1 atom stereocenters. The molecule has 0 bridgehead atoms. The van der Waals surface area contributed by atoms with E-state index in [9.17, 15) is 14.7 Å². The van der Waals surface area contributed by atoms with Gasteiger partial charge in [0.05, 0.1) is 16.4 Å². The third-order valence-electron chi connectivity index (χ3n) is 5.31. The SMILES string of the molecule is CC(=O)CCC(C)C(=O)N(C)CCCNc1cc(-c2ccccc2O)nc2c(Br)cnn12. The van der Waals surface area contributed by atoms with E-state index in [0.29, 0.717) is 42.8 Å². The highest BCUT2D eigenvalue weighted by Gasteiger charge is 2.18. The Labute approximate surface area is 195 Å². The highest BCUT2D eigenvalue weighted by atomic mass is 79.9. The number of aromatic nitrogens is 3. The Morgan fingerprint density at radius 1 is 1.31 bits per heavy atom. The number of phenolic OH excluding ortho intramolecular Hbond substituents is 1. The number of benzene rings is 1. The maximum absolute atomic E-state index is 12.5. The van der Waals surface area contributed by atoms with Gasteiger partial charge in [0.15, 0.2) is 5.65 Å². The maximum atomic E-state index is 12.5. The standard InChI is InChI=1S/C23H28BrN5O3/c1-15(9-10-16(2)30)23(32)28(3)12-6-11-25-21-13-19(17-7-4-5-8-20(17)31)27-22-18(24)14-26-29(21)22/h4-5,7-8,13-15,25,31H,6,9-12H2,1-3H3. The van der Waals surface area contributed by atoms with Crippen molar-refractivity contribution >= 4 is 39.1 Å². The zero-order chi connectivity index (χ0) is 23.3. The summed E-state index contributed by atoms with van der Waals surface area (Å²) < 4.78 is 2.45. The van der Waals surface area contributed by atoms with Crippen LogP contribution >= 0.6 is 15.9 Å². The molecule has 0 spiro atoms. The van der Waals surface area contributed by atoms with Gasteiger partial charge >= 0.3 is 0 Å². The van der Waals surface area contributed by atoms with Gasteiger partial charge in [0.1, 0.15) is 17.4 Å². The second kappa shape index (κ2) is 10.6. The molecule has 1 aromatic carbocycles. The summed E-state index contributed by atoms with van der Waals surface area (Å²) in [5.74, 6) is 0.885. The molecule has 0 saturated heterocycles. The topological polar surface area (TPSA) is 99.8 Å². The number of halogens is 1. The number of carbonyl (C=O) groups excluding carboxylic acids is 2. The summed E-state index contributed by atoms with van der Waals surface area (Å²) in [5, 5.41) is 18.0. The van der Waals surface area contributed by atoms with E-state index in [-0.39, 0.29) is 23.4 Å². The van der Waals surface area contributed by atoms with Crippen LogP contribution in [0.15, 0.2) is 41.0 Å². The number of fused-ring (bicyclic) bond motifs is 1. The van der Waals surface area contributed by atoms with Crippen molar-refractivity contribution in [2.24, 2.45) is 5.92 Å². The van der Waals surface area contributed by atoms with Crippen LogP contribution in [0.2, 0.25) is 0 Å². The highest BCUT2D eigenvalue weighted by Crippen LogP contribution is 2.31. The molecule has 0 aliphatic carbocycles. The number of anilines is 1. The monoisotopic (exact) mass is 501 g/mol. The molecule has 9 heteroatoms. The molecule has 0 radical (unpaired) electrons. The number of para-hydroxylation sites is 1. The molecule has 1 amide bonds. The summed E-state index contributed by atoms with van der Waals surface area (Å²) in [5.41, 5.74) is 1.90. The van der Waals surface area contributed by atoms with Gasteiger partial charge in [0.25, 0.3) is 0 Å². The second-order valence-electron chi connectivity index (χ2n) is 7.95. The van der Waals surface area contributed by atoms with E-state index in [1.807, 2.05) is 25.1 Å². The predicted molar refractivity (Wildman–Crippen MR) is 128 cm³/mol. The van der Waals surface area contributed by atoms with Crippen LogP contribution in [0.3, 0.4) is 0 Å². The number of Topliss-reactive ketones (excluding diaryl/α,β-unsaturated/α-hetero) is 1. The Kier molecular flexibility index (Phi) is 7.84. The summed E-state index contributed by atoms with van der Waals surface area (Å²) in [6.07, 6.45) is 3.42. The molecule has 2 aromatic heterocycles. The van der Waals surface area contributed by atoms with Gasteiger partial charge in [-0.05, 0) is 47.8 Å². The van der Waals surface area contributed by atoms with Gasteiger partial charge < -0.3 is 20.1 Å². The molecule has 1 unspecified atom stereocenters. The minimum atomic E-state index is -0.167. The van der Waals surface area contributed by atoms with Crippen LogP contribution in [0.4, 0.5) is 5.82 Å². The van der Waals surface area contributed by atoms with Gasteiger partial charge in [-0.2, -0.15) is 9.61 Å². The first-order valence-corrected chi connectivity index (χ1v) is 11.4. The Morgan fingerprint density at radius 3 is 2.78 bits per heavy atom.